The fourth-order valence-corrected chi connectivity index (χ4v) is 3.53. The predicted octanol–water partition coefficient (Wildman–Crippen LogP) is 2.10. The largest absolute Gasteiger partial charge is 0.482 e. The molecule has 1 aromatic carbocycles. The van der Waals surface area contributed by atoms with E-state index in [0.29, 0.717) is 31.7 Å². The van der Waals surface area contributed by atoms with Crippen molar-refractivity contribution in [1.82, 2.24) is 10.6 Å². The lowest BCUT2D eigenvalue weighted by molar-refractivity contribution is -0.136. The van der Waals surface area contributed by atoms with Crippen LogP contribution in [0.2, 0.25) is 0 Å². The zero-order valence-corrected chi connectivity index (χ0v) is 18.0. The third kappa shape index (κ3) is 5.43. The number of carbonyl (C=O) groups is 3. The van der Waals surface area contributed by atoms with E-state index in [1.54, 1.807) is 20.8 Å². The van der Waals surface area contributed by atoms with Crippen molar-refractivity contribution < 1.29 is 33.0 Å². The highest BCUT2D eigenvalue weighted by atomic mass is 19.1. The summed E-state index contributed by atoms with van der Waals surface area (Å²) in [5.41, 5.74) is -1.53. The molecule has 2 aliphatic rings. The third-order valence-corrected chi connectivity index (χ3v) is 5.06. The van der Waals surface area contributed by atoms with Crippen molar-refractivity contribution in [3.8, 4) is 5.75 Å². The van der Waals surface area contributed by atoms with Crippen molar-refractivity contribution in [3.05, 3.63) is 24.0 Å². The van der Waals surface area contributed by atoms with Crippen LogP contribution in [0, 0.1) is 5.82 Å². The van der Waals surface area contributed by atoms with Crippen LogP contribution in [0.1, 0.15) is 40.5 Å². The molecular formula is C21H28FN3O6. The predicted molar refractivity (Wildman–Crippen MR) is 109 cm³/mol. The smallest absolute Gasteiger partial charge is 0.408 e. The highest BCUT2D eigenvalue weighted by molar-refractivity contribution is 6.00. The van der Waals surface area contributed by atoms with E-state index in [-0.39, 0.29) is 5.75 Å². The summed E-state index contributed by atoms with van der Waals surface area (Å²) in [5.74, 6) is -1.40. The van der Waals surface area contributed by atoms with Crippen molar-refractivity contribution in [2.75, 3.05) is 18.5 Å². The van der Waals surface area contributed by atoms with Crippen LogP contribution in [0.25, 0.3) is 0 Å². The van der Waals surface area contributed by atoms with Crippen LogP contribution < -0.4 is 20.7 Å². The van der Waals surface area contributed by atoms with Crippen molar-refractivity contribution in [1.29, 1.82) is 0 Å². The van der Waals surface area contributed by atoms with E-state index in [2.05, 4.69) is 16.0 Å². The molecule has 0 saturated carbocycles. The van der Waals surface area contributed by atoms with E-state index in [1.165, 1.54) is 25.1 Å². The third-order valence-electron chi connectivity index (χ3n) is 5.06. The summed E-state index contributed by atoms with van der Waals surface area (Å²) >= 11 is 0. The Balaban J connectivity index is 1.80. The molecule has 2 heterocycles. The Kier molecular flexibility index (Phi) is 6.40. The number of alkyl carbamates (subject to hydrolysis) is 1. The highest BCUT2D eigenvalue weighted by Gasteiger charge is 2.50. The highest BCUT2D eigenvalue weighted by Crippen LogP contribution is 2.38. The molecule has 1 saturated heterocycles. The first-order chi connectivity index (χ1) is 14.5. The lowest BCUT2D eigenvalue weighted by Gasteiger charge is -2.41. The van der Waals surface area contributed by atoms with Gasteiger partial charge in [-0.2, -0.15) is 0 Å². The summed E-state index contributed by atoms with van der Waals surface area (Å²) in [5, 5.41) is 7.83. The van der Waals surface area contributed by atoms with E-state index in [0.717, 1.165) is 0 Å². The van der Waals surface area contributed by atoms with Gasteiger partial charge in [-0.15, -0.1) is 0 Å². The fourth-order valence-electron chi connectivity index (χ4n) is 3.53. The average molecular weight is 437 g/mol. The number of anilines is 1. The molecule has 3 amide bonds. The normalized spacial score (nSPS) is 21.1. The van der Waals surface area contributed by atoms with Crippen molar-refractivity contribution in [2.45, 2.75) is 63.8 Å². The molecule has 1 fully saturated rings. The minimum atomic E-state index is -1.12. The summed E-state index contributed by atoms with van der Waals surface area (Å²) in [6.07, 6.45) is -0.120. The van der Waals surface area contributed by atoms with Crippen LogP contribution in [0.5, 0.6) is 5.75 Å². The molecule has 31 heavy (non-hydrogen) atoms. The second kappa shape index (κ2) is 8.70. The van der Waals surface area contributed by atoms with Gasteiger partial charge in [-0.25, -0.2) is 9.18 Å². The fraction of sp³-hybridized carbons (Fsp3) is 0.571. The first-order valence-electron chi connectivity index (χ1n) is 10.2. The summed E-state index contributed by atoms with van der Waals surface area (Å²) in [6.45, 7) is 7.24. The number of hydrogen-bond acceptors (Lipinski definition) is 6. The summed E-state index contributed by atoms with van der Waals surface area (Å²) in [4.78, 5) is 37.9. The molecule has 0 aromatic heterocycles. The van der Waals surface area contributed by atoms with E-state index in [9.17, 15) is 18.8 Å². The van der Waals surface area contributed by atoms with Crippen LogP contribution in [-0.4, -0.2) is 54.4 Å². The van der Waals surface area contributed by atoms with Crippen molar-refractivity contribution in [2.24, 2.45) is 0 Å². The Morgan fingerprint density at radius 2 is 1.97 bits per heavy atom. The van der Waals surface area contributed by atoms with Gasteiger partial charge >= 0.3 is 6.09 Å². The van der Waals surface area contributed by atoms with Gasteiger partial charge in [0, 0.05) is 18.9 Å². The van der Waals surface area contributed by atoms with Gasteiger partial charge in [-0.05, 0) is 39.8 Å². The molecule has 0 unspecified atom stereocenters. The first-order valence-corrected chi connectivity index (χ1v) is 10.2. The molecule has 2 aliphatic heterocycles. The van der Waals surface area contributed by atoms with Gasteiger partial charge in [0.15, 0.2) is 0 Å². The zero-order valence-electron chi connectivity index (χ0n) is 18.0. The van der Waals surface area contributed by atoms with Crippen LogP contribution in [0.3, 0.4) is 0 Å². The lowest BCUT2D eigenvalue weighted by atomic mass is 9.85. The van der Waals surface area contributed by atoms with Gasteiger partial charge in [0.1, 0.15) is 34.9 Å². The maximum Gasteiger partial charge on any atom is 0.408 e. The van der Waals surface area contributed by atoms with Gasteiger partial charge in [0.25, 0.3) is 5.91 Å². The summed E-state index contributed by atoms with van der Waals surface area (Å²) in [7, 11) is 0. The number of hydrogen-bond donors (Lipinski definition) is 3. The Bertz CT molecular complexity index is 863. The lowest BCUT2D eigenvalue weighted by Crippen LogP contribution is -2.64. The quantitative estimate of drug-likeness (QED) is 0.667. The summed E-state index contributed by atoms with van der Waals surface area (Å²) < 4.78 is 30.5. The van der Waals surface area contributed by atoms with Crippen LogP contribution in [0.15, 0.2) is 18.2 Å². The van der Waals surface area contributed by atoms with Gasteiger partial charge in [-0.3, -0.25) is 9.59 Å². The van der Waals surface area contributed by atoms with Crippen molar-refractivity contribution in [3.63, 3.8) is 0 Å². The Morgan fingerprint density at radius 3 is 2.61 bits per heavy atom. The van der Waals surface area contributed by atoms with E-state index in [1.807, 2.05) is 0 Å². The molecule has 0 aliphatic carbocycles. The Morgan fingerprint density at radius 1 is 1.29 bits per heavy atom. The number of carbonyl (C=O) groups excluding carboxylic acids is 3. The Hall–Kier alpha value is -2.88. The van der Waals surface area contributed by atoms with Gasteiger partial charge in [-0.1, -0.05) is 0 Å². The SMILES string of the molecule is C[C@H](NC(=O)OC(C)(C)C)C(=O)N[C@@H]1C(=O)Nc2ccc(F)cc2OC12CCOCC2. The molecule has 9 nitrogen and oxygen atoms in total. The molecular weight excluding hydrogens is 409 g/mol. The number of nitrogens with one attached hydrogen (secondary N) is 3. The number of amides is 3. The maximum absolute atomic E-state index is 13.8. The number of halogens is 1. The molecule has 3 rings (SSSR count). The molecule has 2 atom stereocenters. The standard InChI is InChI=1S/C21H28FN3O6/c1-12(23-19(28)31-20(2,3)4)17(26)25-16-18(27)24-14-6-5-13(22)11-15(14)30-21(16)7-9-29-10-8-21/h5-6,11-12,16H,7-10H2,1-4H3,(H,23,28)(H,24,27)(H,25,26)/t12-,16+/m0/s1. The second-order valence-corrected chi connectivity index (χ2v) is 8.72. The molecule has 3 N–H and O–H groups in total. The van der Waals surface area contributed by atoms with Crippen LogP contribution >= 0.6 is 0 Å². The molecule has 10 heteroatoms. The van der Waals surface area contributed by atoms with Gasteiger partial charge in [0.2, 0.25) is 5.91 Å². The maximum atomic E-state index is 13.8. The minimum Gasteiger partial charge on any atom is -0.482 e. The van der Waals surface area contributed by atoms with E-state index < -0.39 is 47.0 Å². The molecule has 170 valence electrons. The first kappa shape index (κ1) is 22.8. The topological polar surface area (TPSA) is 115 Å². The molecule has 0 bridgehead atoms. The average Bonchev–Trinajstić information content (AvgIpc) is 2.76. The number of benzene rings is 1. The van der Waals surface area contributed by atoms with E-state index >= 15 is 0 Å². The number of rotatable bonds is 3. The monoisotopic (exact) mass is 437 g/mol. The minimum absolute atomic E-state index is 0.187. The van der Waals surface area contributed by atoms with E-state index in [4.69, 9.17) is 14.2 Å². The summed E-state index contributed by atoms with van der Waals surface area (Å²) in [6, 6.07) is 1.77. The number of ether oxygens (including phenoxy) is 3. The Labute approximate surface area is 180 Å². The molecule has 0 radical (unpaired) electrons. The van der Waals surface area contributed by atoms with Crippen molar-refractivity contribution >= 4 is 23.6 Å². The van der Waals surface area contributed by atoms with Crippen LogP contribution in [-0.2, 0) is 19.1 Å². The number of fused-ring (bicyclic) bond motifs is 1. The molecule has 1 spiro atoms. The van der Waals surface area contributed by atoms with Crippen LogP contribution in [0.4, 0.5) is 14.9 Å². The second-order valence-electron chi connectivity index (χ2n) is 8.72. The van der Waals surface area contributed by atoms with Gasteiger partial charge in [0.05, 0.1) is 18.9 Å². The molecule has 1 aromatic rings. The van der Waals surface area contributed by atoms with Gasteiger partial charge < -0.3 is 30.2 Å². The zero-order chi connectivity index (χ0) is 22.8.